The second-order valence-electron chi connectivity index (χ2n) is 3.40. The summed E-state index contributed by atoms with van der Waals surface area (Å²) in [5.41, 5.74) is 2.12. The minimum absolute atomic E-state index is 0.232. The lowest BCUT2D eigenvalue weighted by Crippen LogP contribution is -2.13. The van der Waals surface area contributed by atoms with Crippen molar-refractivity contribution < 1.29 is 9.53 Å². The van der Waals surface area contributed by atoms with E-state index in [0.717, 1.165) is 11.1 Å². The maximum atomic E-state index is 10.9. The summed E-state index contributed by atoms with van der Waals surface area (Å²) in [6, 6.07) is 9.93. The molecule has 1 unspecified atom stereocenters. The zero-order valence-electron chi connectivity index (χ0n) is 8.51. The van der Waals surface area contributed by atoms with E-state index in [1.807, 2.05) is 48.6 Å². The number of benzene rings is 1. The molecule has 0 amide bonds. The van der Waals surface area contributed by atoms with E-state index in [2.05, 4.69) is 0 Å². The lowest BCUT2D eigenvalue weighted by atomic mass is 10.0. The van der Waals surface area contributed by atoms with Gasteiger partial charge in [0.2, 0.25) is 0 Å². The highest BCUT2D eigenvalue weighted by Gasteiger charge is 2.18. The molecule has 0 spiro atoms. The van der Waals surface area contributed by atoms with Crippen LogP contribution < -0.4 is 0 Å². The van der Waals surface area contributed by atoms with Crippen LogP contribution in [0.1, 0.15) is 12.5 Å². The maximum Gasteiger partial charge on any atom is 0.303 e. The van der Waals surface area contributed by atoms with Crippen LogP contribution in [0.25, 0.3) is 5.57 Å². The van der Waals surface area contributed by atoms with Gasteiger partial charge in [-0.05, 0) is 11.6 Å². The average Bonchev–Trinajstić information content (AvgIpc) is 2.66. The van der Waals surface area contributed by atoms with Gasteiger partial charge in [0.05, 0.1) is 0 Å². The molecular weight excluding hydrogens is 188 g/mol. The predicted molar refractivity (Wildman–Crippen MR) is 59.1 cm³/mol. The number of carbonyl (C=O) groups excluding carboxylic acids is 1. The fraction of sp³-hybridized carbons (Fsp3) is 0.154. The Morgan fingerprint density at radius 2 is 2.00 bits per heavy atom. The number of rotatable bonds is 2. The molecule has 0 radical (unpaired) electrons. The van der Waals surface area contributed by atoms with Gasteiger partial charge in [0.1, 0.15) is 6.10 Å². The molecule has 76 valence electrons. The molecule has 2 nitrogen and oxygen atoms in total. The van der Waals surface area contributed by atoms with Gasteiger partial charge in [-0.3, -0.25) is 4.79 Å². The molecule has 1 aliphatic carbocycles. The molecule has 0 fully saturated rings. The molecule has 1 aromatic carbocycles. The Morgan fingerprint density at radius 1 is 1.27 bits per heavy atom. The molecule has 0 heterocycles. The SMILES string of the molecule is CC(=O)OC1C=CC=C1c1ccccc1. The first-order valence-electron chi connectivity index (χ1n) is 4.88. The van der Waals surface area contributed by atoms with E-state index in [0.29, 0.717) is 0 Å². The van der Waals surface area contributed by atoms with Gasteiger partial charge in [-0.1, -0.05) is 42.5 Å². The Bertz CT molecular complexity index is 415. The van der Waals surface area contributed by atoms with E-state index >= 15 is 0 Å². The van der Waals surface area contributed by atoms with Gasteiger partial charge in [0, 0.05) is 12.5 Å². The third-order valence-corrected chi connectivity index (χ3v) is 2.27. The number of hydrogen-bond donors (Lipinski definition) is 0. The molecule has 1 aliphatic rings. The van der Waals surface area contributed by atoms with E-state index in [-0.39, 0.29) is 12.1 Å². The van der Waals surface area contributed by atoms with Gasteiger partial charge in [-0.15, -0.1) is 0 Å². The Labute approximate surface area is 88.9 Å². The minimum atomic E-state index is -0.256. The van der Waals surface area contributed by atoms with E-state index in [4.69, 9.17) is 4.74 Å². The molecule has 1 aromatic rings. The number of esters is 1. The van der Waals surface area contributed by atoms with Gasteiger partial charge >= 0.3 is 5.97 Å². The highest BCUT2D eigenvalue weighted by atomic mass is 16.5. The molecule has 0 aliphatic heterocycles. The minimum Gasteiger partial charge on any atom is -0.453 e. The van der Waals surface area contributed by atoms with Crippen molar-refractivity contribution in [3.8, 4) is 0 Å². The number of ether oxygens (including phenoxy) is 1. The summed E-state index contributed by atoms with van der Waals surface area (Å²) in [5.74, 6) is -0.256. The van der Waals surface area contributed by atoms with Crippen LogP contribution in [0.5, 0.6) is 0 Å². The van der Waals surface area contributed by atoms with Crippen molar-refractivity contribution in [3.63, 3.8) is 0 Å². The molecule has 0 aromatic heterocycles. The summed E-state index contributed by atoms with van der Waals surface area (Å²) >= 11 is 0. The fourth-order valence-corrected chi connectivity index (χ4v) is 1.63. The topological polar surface area (TPSA) is 26.3 Å². The van der Waals surface area contributed by atoms with Crippen molar-refractivity contribution >= 4 is 11.5 Å². The summed E-state index contributed by atoms with van der Waals surface area (Å²) < 4.78 is 5.18. The normalized spacial score (nSPS) is 18.7. The monoisotopic (exact) mass is 200 g/mol. The Morgan fingerprint density at radius 3 is 2.67 bits per heavy atom. The van der Waals surface area contributed by atoms with Crippen LogP contribution >= 0.6 is 0 Å². The second kappa shape index (κ2) is 4.13. The number of allylic oxidation sites excluding steroid dienone is 2. The van der Waals surface area contributed by atoms with Gasteiger partial charge in [-0.25, -0.2) is 0 Å². The lowest BCUT2D eigenvalue weighted by molar-refractivity contribution is -0.141. The van der Waals surface area contributed by atoms with Crippen LogP contribution in [0.15, 0.2) is 48.6 Å². The van der Waals surface area contributed by atoms with Crippen molar-refractivity contribution in [2.45, 2.75) is 13.0 Å². The van der Waals surface area contributed by atoms with Gasteiger partial charge in [0.25, 0.3) is 0 Å². The largest absolute Gasteiger partial charge is 0.453 e. The number of hydrogen-bond acceptors (Lipinski definition) is 2. The maximum absolute atomic E-state index is 10.9. The van der Waals surface area contributed by atoms with Crippen LogP contribution in [0.3, 0.4) is 0 Å². The zero-order chi connectivity index (χ0) is 10.7. The van der Waals surface area contributed by atoms with Crippen LogP contribution in [0.2, 0.25) is 0 Å². The van der Waals surface area contributed by atoms with Gasteiger partial charge in [-0.2, -0.15) is 0 Å². The van der Waals surface area contributed by atoms with Crippen molar-refractivity contribution in [2.24, 2.45) is 0 Å². The molecule has 0 saturated heterocycles. The summed E-state index contributed by atoms with van der Waals surface area (Å²) in [7, 11) is 0. The van der Waals surface area contributed by atoms with Gasteiger partial charge in [0.15, 0.2) is 0 Å². The Hall–Kier alpha value is -1.83. The summed E-state index contributed by atoms with van der Waals surface area (Å²) in [6.07, 6.45) is 5.53. The van der Waals surface area contributed by atoms with Crippen LogP contribution in [0.4, 0.5) is 0 Å². The highest BCUT2D eigenvalue weighted by Crippen LogP contribution is 2.25. The molecule has 0 N–H and O–H groups in total. The lowest BCUT2D eigenvalue weighted by Gasteiger charge is -2.13. The van der Waals surface area contributed by atoms with E-state index in [9.17, 15) is 4.79 Å². The van der Waals surface area contributed by atoms with E-state index in [1.165, 1.54) is 6.92 Å². The summed E-state index contributed by atoms with van der Waals surface area (Å²) in [6.45, 7) is 1.43. The fourth-order valence-electron chi connectivity index (χ4n) is 1.63. The standard InChI is InChI=1S/C13H12O2/c1-10(14)15-13-9-5-8-12(13)11-6-3-2-4-7-11/h2-9,13H,1H3. The third-order valence-electron chi connectivity index (χ3n) is 2.27. The summed E-state index contributed by atoms with van der Waals surface area (Å²) in [4.78, 5) is 10.9. The van der Waals surface area contributed by atoms with Gasteiger partial charge < -0.3 is 4.74 Å². The molecule has 0 bridgehead atoms. The van der Waals surface area contributed by atoms with Crippen LogP contribution in [0, 0.1) is 0 Å². The first-order valence-corrected chi connectivity index (χ1v) is 4.88. The molecule has 2 heteroatoms. The molecular formula is C13H12O2. The van der Waals surface area contributed by atoms with Crippen molar-refractivity contribution in [3.05, 3.63) is 54.1 Å². The second-order valence-corrected chi connectivity index (χ2v) is 3.40. The first-order chi connectivity index (χ1) is 7.27. The molecule has 1 atom stereocenters. The van der Waals surface area contributed by atoms with E-state index in [1.54, 1.807) is 0 Å². The van der Waals surface area contributed by atoms with Crippen molar-refractivity contribution in [1.29, 1.82) is 0 Å². The van der Waals surface area contributed by atoms with Crippen LogP contribution in [-0.2, 0) is 9.53 Å². The van der Waals surface area contributed by atoms with Crippen LogP contribution in [-0.4, -0.2) is 12.1 Å². The predicted octanol–water partition coefficient (Wildman–Crippen LogP) is 2.57. The average molecular weight is 200 g/mol. The zero-order valence-corrected chi connectivity index (χ0v) is 8.51. The Balaban J connectivity index is 2.21. The van der Waals surface area contributed by atoms with Crippen molar-refractivity contribution in [2.75, 3.05) is 0 Å². The van der Waals surface area contributed by atoms with Crippen molar-refractivity contribution in [1.82, 2.24) is 0 Å². The third kappa shape index (κ3) is 2.15. The molecule has 0 saturated carbocycles. The smallest absolute Gasteiger partial charge is 0.303 e. The van der Waals surface area contributed by atoms with E-state index < -0.39 is 0 Å². The molecule has 15 heavy (non-hydrogen) atoms. The number of carbonyl (C=O) groups is 1. The first kappa shape index (κ1) is 9.71. The highest BCUT2D eigenvalue weighted by molar-refractivity contribution is 5.77. The Kier molecular flexibility index (Phi) is 2.68. The quantitative estimate of drug-likeness (QED) is 0.686. The molecule has 2 rings (SSSR count). The summed E-state index contributed by atoms with van der Waals surface area (Å²) in [5, 5.41) is 0.